The van der Waals surface area contributed by atoms with E-state index in [0.29, 0.717) is 11.8 Å². The van der Waals surface area contributed by atoms with Crippen molar-refractivity contribution in [3.05, 3.63) is 35.9 Å². The van der Waals surface area contributed by atoms with Gasteiger partial charge in [0.25, 0.3) is 5.91 Å². The van der Waals surface area contributed by atoms with Gasteiger partial charge >= 0.3 is 12.0 Å². The number of carbonyl (C=O) groups excluding carboxylic acids is 3. The van der Waals surface area contributed by atoms with Crippen LogP contribution < -0.4 is 16.4 Å². The number of hydrogen-bond acceptors (Lipinski definition) is 4. The van der Waals surface area contributed by atoms with Gasteiger partial charge in [-0.15, -0.1) is 0 Å². The SMILES string of the molecule is C[C@@H]1[C@H](C)CCC[C@@H]1NC(=O)[C@@H](C)OC(=O)[C@H](Cc1ccccc1)NC(N)=O. The average Bonchev–Trinajstić information content (AvgIpc) is 2.65. The second-order valence-electron chi connectivity index (χ2n) is 7.71. The van der Waals surface area contributed by atoms with Crippen molar-refractivity contribution in [2.45, 2.75) is 64.6 Å². The Bertz CT molecular complexity index is 679. The van der Waals surface area contributed by atoms with E-state index in [1.165, 1.54) is 6.92 Å². The number of urea groups is 1. The molecular formula is C21H31N3O4. The standard InChI is InChI=1S/C21H31N3O4/c1-13-8-7-11-17(14(13)2)23-19(25)15(3)28-20(26)18(24-21(22)27)12-16-9-5-4-6-10-16/h4-6,9-10,13-15,17-18H,7-8,11-12H2,1-3H3,(H,23,25)(H3,22,24,27)/t13-,14-,15-,17+,18+/m1/s1. The lowest BCUT2D eigenvalue weighted by Gasteiger charge is -2.35. The third kappa shape index (κ3) is 6.25. The maximum atomic E-state index is 12.5. The minimum Gasteiger partial charge on any atom is -0.451 e. The van der Waals surface area contributed by atoms with Crippen molar-refractivity contribution in [2.75, 3.05) is 0 Å². The number of ether oxygens (including phenoxy) is 1. The lowest BCUT2D eigenvalue weighted by Crippen LogP contribution is -2.50. The molecular weight excluding hydrogens is 358 g/mol. The van der Waals surface area contributed by atoms with Crippen LogP contribution in [-0.4, -0.2) is 36.1 Å². The van der Waals surface area contributed by atoms with Crippen LogP contribution in [0.3, 0.4) is 0 Å². The highest BCUT2D eigenvalue weighted by Crippen LogP contribution is 2.29. The van der Waals surface area contributed by atoms with Crippen molar-refractivity contribution in [3.8, 4) is 0 Å². The minimum atomic E-state index is -0.955. The van der Waals surface area contributed by atoms with Gasteiger partial charge in [-0.05, 0) is 30.7 Å². The fraction of sp³-hybridized carbons (Fsp3) is 0.571. The van der Waals surface area contributed by atoms with Crippen LogP contribution in [0, 0.1) is 11.8 Å². The van der Waals surface area contributed by atoms with E-state index >= 15 is 0 Å². The van der Waals surface area contributed by atoms with Gasteiger partial charge in [-0.1, -0.05) is 57.0 Å². The molecule has 7 heteroatoms. The number of hydrogen-bond donors (Lipinski definition) is 3. The number of primary amides is 1. The molecule has 1 aromatic rings. The minimum absolute atomic E-state index is 0.0845. The molecule has 1 aliphatic rings. The van der Waals surface area contributed by atoms with Crippen LogP contribution in [0.1, 0.15) is 45.6 Å². The van der Waals surface area contributed by atoms with Gasteiger partial charge in [-0.3, -0.25) is 4.79 Å². The van der Waals surface area contributed by atoms with Crippen molar-refractivity contribution in [2.24, 2.45) is 17.6 Å². The summed E-state index contributed by atoms with van der Waals surface area (Å²) in [4.78, 5) is 36.3. The Labute approximate surface area is 166 Å². The van der Waals surface area contributed by atoms with E-state index < -0.39 is 24.1 Å². The van der Waals surface area contributed by atoms with E-state index in [2.05, 4.69) is 24.5 Å². The van der Waals surface area contributed by atoms with Crippen LogP contribution in [0.15, 0.2) is 30.3 Å². The van der Waals surface area contributed by atoms with Crippen LogP contribution in [0.5, 0.6) is 0 Å². The molecule has 1 saturated carbocycles. The predicted molar refractivity (Wildman–Crippen MR) is 106 cm³/mol. The van der Waals surface area contributed by atoms with E-state index in [0.717, 1.165) is 24.8 Å². The number of carbonyl (C=O) groups is 3. The third-order valence-electron chi connectivity index (χ3n) is 5.58. The molecule has 0 saturated heterocycles. The first-order valence-corrected chi connectivity index (χ1v) is 9.88. The summed E-state index contributed by atoms with van der Waals surface area (Å²) in [5.41, 5.74) is 6.04. The monoisotopic (exact) mass is 389 g/mol. The molecule has 0 radical (unpaired) electrons. The molecule has 0 aliphatic heterocycles. The van der Waals surface area contributed by atoms with Gasteiger partial charge in [0.2, 0.25) is 0 Å². The largest absolute Gasteiger partial charge is 0.451 e. The van der Waals surface area contributed by atoms with Gasteiger partial charge < -0.3 is 21.1 Å². The van der Waals surface area contributed by atoms with Crippen LogP contribution in [0.2, 0.25) is 0 Å². The van der Waals surface area contributed by atoms with E-state index in [-0.39, 0.29) is 18.4 Å². The highest BCUT2D eigenvalue weighted by Gasteiger charge is 2.31. The van der Waals surface area contributed by atoms with E-state index in [1.807, 2.05) is 30.3 Å². The summed E-state index contributed by atoms with van der Waals surface area (Å²) < 4.78 is 5.33. The van der Waals surface area contributed by atoms with Crippen LogP contribution in [0.25, 0.3) is 0 Å². The van der Waals surface area contributed by atoms with Crippen LogP contribution in [0.4, 0.5) is 4.79 Å². The highest BCUT2D eigenvalue weighted by molar-refractivity contribution is 5.87. The topological polar surface area (TPSA) is 111 Å². The Morgan fingerprint density at radius 1 is 1.18 bits per heavy atom. The quantitative estimate of drug-likeness (QED) is 0.621. The first-order chi connectivity index (χ1) is 13.3. The summed E-state index contributed by atoms with van der Waals surface area (Å²) in [5, 5.41) is 5.40. The summed E-state index contributed by atoms with van der Waals surface area (Å²) in [6.07, 6.45) is 2.45. The molecule has 0 bridgehead atoms. The molecule has 3 amide bonds. The number of nitrogens with two attached hydrogens (primary N) is 1. The van der Waals surface area contributed by atoms with Crippen molar-refractivity contribution in [3.63, 3.8) is 0 Å². The zero-order valence-corrected chi connectivity index (χ0v) is 16.8. The molecule has 0 heterocycles. The Morgan fingerprint density at radius 2 is 1.86 bits per heavy atom. The van der Waals surface area contributed by atoms with Gasteiger partial charge in [-0.25, -0.2) is 9.59 Å². The van der Waals surface area contributed by atoms with Crippen molar-refractivity contribution < 1.29 is 19.1 Å². The average molecular weight is 389 g/mol. The van der Waals surface area contributed by atoms with E-state index in [9.17, 15) is 14.4 Å². The zero-order chi connectivity index (χ0) is 20.7. The summed E-state index contributed by atoms with van der Waals surface area (Å²) in [7, 11) is 0. The van der Waals surface area contributed by atoms with Gasteiger partial charge in [0.05, 0.1) is 0 Å². The van der Waals surface area contributed by atoms with Crippen molar-refractivity contribution >= 4 is 17.9 Å². The summed E-state index contributed by atoms with van der Waals surface area (Å²) in [5.74, 6) is -0.0814. The van der Waals surface area contributed by atoms with Gasteiger partial charge in [0.15, 0.2) is 6.10 Å². The smallest absolute Gasteiger partial charge is 0.329 e. The third-order valence-corrected chi connectivity index (χ3v) is 5.58. The molecule has 1 fully saturated rings. The maximum absolute atomic E-state index is 12.5. The van der Waals surface area contributed by atoms with E-state index in [4.69, 9.17) is 10.5 Å². The second kappa shape index (κ2) is 10.1. The van der Waals surface area contributed by atoms with Crippen molar-refractivity contribution in [1.29, 1.82) is 0 Å². The van der Waals surface area contributed by atoms with E-state index in [1.54, 1.807) is 0 Å². The molecule has 4 N–H and O–H groups in total. The first kappa shape index (κ1) is 21.7. The Kier molecular flexibility index (Phi) is 7.84. The molecule has 0 spiro atoms. The number of esters is 1. The first-order valence-electron chi connectivity index (χ1n) is 9.88. The lowest BCUT2D eigenvalue weighted by atomic mass is 9.78. The fourth-order valence-corrected chi connectivity index (χ4v) is 3.61. The molecule has 7 nitrogen and oxygen atoms in total. The molecule has 28 heavy (non-hydrogen) atoms. The lowest BCUT2D eigenvalue weighted by molar-refractivity contribution is -0.157. The Hall–Kier alpha value is -2.57. The van der Waals surface area contributed by atoms with Crippen LogP contribution >= 0.6 is 0 Å². The molecule has 1 aromatic carbocycles. The molecule has 2 rings (SSSR count). The summed E-state index contributed by atoms with van der Waals surface area (Å²) in [6.45, 7) is 5.86. The number of benzene rings is 1. The summed E-state index contributed by atoms with van der Waals surface area (Å²) >= 11 is 0. The second-order valence-corrected chi connectivity index (χ2v) is 7.71. The predicted octanol–water partition coefficient (Wildman–Crippen LogP) is 2.14. The normalized spacial score (nSPS) is 23.9. The van der Waals surface area contributed by atoms with Gasteiger partial charge in [-0.2, -0.15) is 0 Å². The Morgan fingerprint density at radius 3 is 2.50 bits per heavy atom. The number of amides is 3. The molecule has 154 valence electrons. The summed E-state index contributed by atoms with van der Waals surface area (Å²) in [6, 6.07) is 7.52. The molecule has 5 atom stereocenters. The number of rotatable bonds is 7. The van der Waals surface area contributed by atoms with Gasteiger partial charge in [0, 0.05) is 12.5 Å². The van der Waals surface area contributed by atoms with Crippen molar-refractivity contribution in [1.82, 2.24) is 10.6 Å². The van der Waals surface area contributed by atoms with Crippen LogP contribution in [-0.2, 0) is 20.7 Å². The fourth-order valence-electron chi connectivity index (χ4n) is 3.61. The van der Waals surface area contributed by atoms with Gasteiger partial charge in [0.1, 0.15) is 6.04 Å². The molecule has 0 aromatic heterocycles. The Balaban J connectivity index is 1.95. The number of nitrogens with one attached hydrogen (secondary N) is 2. The molecule has 0 unspecified atom stereocenters. The zero-order valence-electron chi connectivity index (χ0n) is 16.8. The molecule has 1 aliphatic carbocycles. The maximum Gasteiger partial charge on any atom is 0.329 e. The highest BCUT2D eigenvalue weighted by atomic mass is 16.5.